The van der Waals surface area contributed by atoms with Crippen LogP contribution in [0.25, 0.3) is 0 Å². The number of nitrogens with one attached hydrogen (secondary N) is 2. The van der Waals surface area contributed by atoms with Crippen molar-refractivity contribution in [2.45, 2.75) is 43.2 Å². The molecule has 0 saturated carbocycles. The highest BCUT2D eigenvalue weighted by Crippen LogP contribution is 2.67. The number of fused-ring (bicyclic) bond motifs is 7. The van der Waals surface area contributed by atoms with Gasteiger partial charge in [0.05, 0.1) is 5.92 Å². The number of rotatable bonds is 6. The Morgan fingerprint density at radius 2 is 1.82 bits per heavy atom. The van der Waals surface area contributed by atoms with Gasteiger partial charge in [-0.05, 0) is 61.2 Å². The molecule has 2 spiro atoms. The predicted molar refractivity (Wildman–Crippen MR) is 153 cm³/mol. The maximum absolute atomic E-state index is 14.8. The molecule has 0 radical (unpaired) electrons. The molecule has 0 aliphatic carbocycles. The molecule has 2 saturated heterocycles. The number of anilines is 2. The Labute approximate surface area is 233 Å². The van der Waals surface area contributed by atoms with Gasteiger partial charge in [-0.3, -0.25) is 19.3 Å². The zero-order valence-corrected chi connectivity index (χ0v) is 22.4. The summed E-state index contributed by atoms with van der Waals surface area (Å²) >= 11 is 0. The van der Waals surface area contributed by atoms with E-state index < -0.39 is 16.9 Å². The summed E-state index contributed by atoms with van der Waals surface area (Å²) in [6.07, 6.45) is 4.00. The Morgan fingerprint density at radius 3 is 2.65 bits per heavy atom. The molecule has 2 amide bonds. The Hall–Kier alpha value is -4.23. The zero-order valence-electron chi connectivity index (χ0n) is 22.4. The Morgan fingerprint density at radius 1 is 1.02 bits per heavy atom. The van der Waals surface area contributed by atoms with Crippen LogP contribution in [0.15, 0.2) is 79.4 Å². The summed E-state index contributed by atoms with van der Waals surface area (Å²) in [6.45, 7) is 6.72. The molecule has 4 aliphatic heterocycles. The highest BCUT2D eigenvalue weighted by atomic mass is 16.5. The van der Waals surface area contributed by atoms with Gasteiger partial charge in [-0.15, -0.1) is 0 Å². The van der Waals surface area contributed by atoms with E-state index in [1.54, 1.807) is 30.3 Å². The van der Waals surface area contributed by atoms with E-state index in [1.807, 2.05) is 36.4 Å². The van der Waals surface area contributed by atoms with E-state index in [0.717, 1.165) is 30.4 Å². The molecule has 0 aromatic heterocycles. The molecule has 202 valence electrons. The van der Waals surface area contributed by atoms with Crippen molar-refractivity contribution in [3.8, 4) is 5.75 Å². The molecular formula is C33H31N3O4. The van der Waals surface area contributed by atoms with Crippen molar-refractivity contribution in [2.75, 3.05) is 23.8 Å². The largest absolute Gasteiger partial charge is 0.490 e. The second kappa shape index (κ2) is 8.89. The van der Waals surface area contributed by atoms with Crippen molar-refractivity contribution >= 4 is 29.0 Å². The van der Waals surface area contributed by atoms with Crippen LogP contribution in [0, 0.1) is 5.92 Å². The van der Waals surface area contributed by atoms with E-state index in [4.69, 9.17) is 4.74 Å². The molecule has 4 atom stereocenters. The van der Waals surface area contributed by atoms with Gasteiger partial charge in [0.25, 0.3) is 5.91 Å². The number of Topliss-reactive ketones (excluding diaryl/α,β-unsaturated/α-hetero) is 1. The number of benzene rings is 3. The number of ketones is 1. The number of carbonyl (C=O) groups is 3. The average molecular weight is 534 g/mol. The molecular weight excluding hydrogens is 502 g/mol. The van der Waals surface area contributed by atoms with Gasteiger partial charge in [0.2, 0.25) is 5.91 Å². The van der Waals surface area contributed by atoms with Crippen LogP contribution < -0.4 is 15.4 Å². The van der Waals surface area contributed by atoms with Crippen molar-refractivity contribution in [3.05, 3.63) is 102 Å². The summed E-state index contributed by atoms with van der Waals surface area (Å²) in [4.78, 5) is 46.1. The van der Waals surface area contributed by atoms with Gasteiger partial charge < -0.3 is 15.4 Å². The number of hydrogen-bond acceptors (Lipinski definition) is 5. The number of nitrogens with zero attached hydrogens (tertiary/aromatic N) is 1. The van der Waals surface area contributed by atoms with Crippen LogP contribution in [0.3, 0.4) is 0 Å². The second-order valence-electron chi connectivity index (χ2n) is 11.1. The third-order valence-electron chi connectivity index (χ3n) is 9.34. The second-order valence-corrected chi connectivity index (χ2v) is 11.1. The lowest BCUT2D eigenvalue weighted by Gasteiger charge is -2.43. The minimum atomic E-state index is -1.45. The molecule has 2 N–H and O–H groups in total. The van der Waals surface area contributed by atoms with Crippen LogP contribution in [0.5, 0.6) is 5.75 Å². The van der Waals surface area contributed by atoms with Crippen LogP contribution in [0.4, 0.5) is 11.4 Å². The molecule has 40 heavy (non-hydrogen) atoms. The van der Waals surface area contributed by atoms with Crippen molar-refractivity contribution in [1.82, 2.24) is 4.90 Å². The molecule has 4 aliphatic rings. The monoisotopic (exact) mass is 533 g/mol. The smallest absolute Gasteiger partial charge is 0.251 e. The van der Waals surface area contributed by atoms with E-state index in [0.29, 0.717) is 41.4 Å². The SMILES string of the molecule is C=CCOc1cccc(C(=O)C2C3CCCN3C3(C(=O)Nc4ccc(CC)cc43)C23C(=O)Nc2ccccc23)c1. The predicted octanol–water partition coefficient (Wildman–Crippen LogP) is 4.83. The van der Waals surface area contributed by atoms with Crippen molar-refractivity contribution in [2.24, 2.45) is 5.92 Å². The summed E-state index contributed by atoms with van der Waals surface area (Å²) in [7, 11) is 0. The molecule has 3 aromatic carbocycles. The molecule has 2 fully saturated rings. The van der Waals surface area contributed by atoms with Crippen molar-refractivity contribution in [1.29, 1.82) is 0 Å². The maximum Gasteiger partial charge on any atom is 0.251 e. The lowest BCUT2D eigenvalue weighted by molar-refractivity contribution is -0.137. The number of hydrogen-bond donors (Lipinski definition) is 2. The first-order chi connectivity index (χ1) is 19.5. The van der Waals surface area contributed by atoms with Gasteiger partial charge in [0, 0.05) is 28.5 Å². The van der Waals surface area contributed by atoms with Gasteiger partial charge in [-0.25, -0.2) is 0 Å². The quantitative estimate of drug-likeness (QED) is 0.350. The van der Waals surface area contributed by atoms with E-state index in [9.17, 15) is 14.4 Å². The van der Waals surface area contributed by atoms with Gasteiger partial charge in [-0.2, -0.15) is 0 Å². The minimum Gasteiger partial charge on any atom is -0.490 e. The van der Waals surface area contributed by atoms with E-state index in [1.165, 1.54) is 0 Å². The first-order valence-electron chi connectivity index (χ1n) is 14.0. The standard InChI is InChI=1S/C33H31N3O4/c1-3-17-40-22-10-7-9-21(19-22)29(37)28-27-13-8-16-36(27)33(24-18-20(4-2)14-15-26(24)35-31(33)39)32(28)23-11-5-6-12-25(23)34-30(32)38/h3,5-7,9-12,14-15,18-19,27-28H,1,4,8,13,16-17H2,2H3,(H,34,38)(H,35,39). The third kappa shape index (κ3) is 2.96. The first kappa shape index (κ1) is 24.8. The number of ether oxygens (including phenoxy) is 1. The highest BCUT2D eigenvalue weighted by Gasteiger charge is 2.81. The van der Waals surface area contributed by atoms with Crippen LogP contribution in [0.1, 0.15) is 46.8 Å². The molecule has 3 aromatic rings. The molecule has 4 unspecified atom stereocenters. The summed E-state index contributed by atoms with van der Waals surface area (Å²) in [5.74, 6) is -0.922. The van der Waals surface area contributed by atoms with E-state index >= 15 is 0 Å². The van der Waals surface area contributed by atoms with Crippen molar-refractivity contribution < 1.29 is 19.1 Å². The van der Waals surface area contributed by atoms with Crippen LogP contribution in [-0.2, 0) is 27.0 Å². The van der Waals surface area contributed by atoms with Crippen LogP contribution >= 0.6 is 0 Å². The van der Waals surface area contributed by atoms with Gasteiger partial charge in [-0.1, -0.05) is 62.0 Å². The minimum absolute atomic E-state index is 0.155. The first-order valence-corrected chi connectivity index (χ1v) is 14.0. The summed E-state index contributed by atoms with van der Waals surface area (Å²) in [5.41, 5.74) is 1.58. The van der Waals surface area contributed by atoms with E-state index in [2.05, 4.69) is 35.1 Å². The molecule has 7 heteroatoms. The fourth-order valence-electron chi connectivity index (χ4n) is 7.92. The molecule has 7 nitrogen and oxygen atoms in total. The number of amides is 2. The third-order valence-corrected chi connectivity index (χ3v) is 9.34. The van der Waals surface area contributed by atoms with E-state index in [-0.39, 0.29) is 23.6 Å². The topological polar surface area (TPSA) is 87.7 Å². The fourth-order valence-corrected chi connectivity index (χ4v) is 7.92. The number of carbonyl (C=O) groups excluding carboxylic acids is 3. The number of aryl methyl sites for hydroxylation is 1. The summed E-state index contributed by atoms with van der Waals surface area (Å²) in [6, 6.07) is 20.4. The lowest BCUT2D eigenvalue weighted by atomic mass is 9.57. The van der Waals surface area contributed by atoms with Gasteiger partial charge in [0.1, 0.15) is 23.3 Å². The molecule has 0 bridgehead atoms. The lowest BCUT2D eigenvalue weighted by Crippen LogP contribution is -2.62. The highest BCUT2D eigenvalue weighted by molar-refractivity contribution is 6.21. The Kier molecular flexibility index (Phi) is 5.51. The van der Waals surface area contributed by atoms with Gasteiger partial charge in [0.15, 0.2) is 5.78 Å². The number of para-hydroxylation sites is 1. The Balaban J connectivity index is 1.52. The molecule has 4 heterocycles. The van der Waals surface area contributed by atoms with Crippen LogP contribution in [-0.4, -0.2) is 41.7 Å². The fraction of sp³-hybridized carbons (Fsp3) is 0.303. The van der Waals surface area contributed by atoms with Crippen molar-refractivity contribution in [3.63, 3.8) is 0 Å². The summed E-state index contributed by atoms with van der Waals surface area (Å²) in [5, 5.41) is 6.22. The molecule has 7 rings (SSSR count). The average Bonchev–Trinajstić information content (AvgIpc) is 3.70. The van der Waals surface area contributed by atoms with Crippen LogP contribution in [0.2, 0.25) is 0 Å². The van der Waals surface area contributed by atoms with Gasteiger partial charge >= 0.3 is 0 Å². The summed E-state index contributed by atoms with van der Waals surface area (Å²) < 4.78 is 5.75. The maximum atomic E-state index is 14.8. The Bertz CT molecular complexity index is 1600. The zero-order chi connectivity index (χ0) is 27.6. The normalized spacial score (nSPS) is 27.8.